The number of likely N-dealkylation sites (tertiary alicyclic amines) is 1. The van der Waals surface area contributed by atoms with Gasteiger partial charge in [-0.05, 0) is 50.1 Å². The monoisotopic (exact) mass is 258 g/mol. The van der Waals surface area contributed by atoms with E-state index in [1.54, 1.807) is 0 Å². The van der Waals surface area contributed by atoms with Crippen molar-refractivity contribution in [1.29, 1.82) is 0 Å². The lowest BCUT2D eigenvalue weighted by Gasteiger charge is -2.19. The molecule has 0 aromatic heterocycles. The fourth-order valence-electron chi connectivity index (χ4n) is 3.70. The number of nitrogens with zero attached hydrogens (tertiary/aromatic N) is 1. The van der Waals surface area contributed by atoms with Gasteiger partial charge in [0.1, 0.15) is 0 Å². The fraction of sp³-hybridized carbons (Fsp3) is 0.923. The molecule has 0 radical (unpaired) electrons. The van der Waals surface area contributed by atoms with Crippen molar-refractivity contribution >= 4 is 18.3 Å². The Morgan fingerprint density at radius 2 is 1.88 bits per heavy atom. The highest BCUT2D eigenvalue weighted by atomic mass is 35.5. The standard InChI is InChI=1S/C13H22N2O.ClH/c16-13(6-10-4-5-14-7-10)15-8-11-2-1-3-12(11)9-15;/h10-12,14H,1-9H2;1H. The highest BCUT2D eigenvalue weighted by molar-refractivity contribution is 5.85. The summed E-state index contributed by atoms with van der Waals surface area (Å²) in [5, 5.41) is 3.34. The minimum Gasteiger partial charge on any atom is -0.342 e. The molecule has 2 saturated heterocycles. The summed E-state index contributed by atoms with van der Waals surface area (Å²) < 4.78 is 0. The number of carbonyl (C=O) groups is 1. The van der Waals surface area contributed by atoms with Gasteiger partial charge >= 0.3 is 0 Å². The van der Waals surface area contributed by atoms with Crippen LogP contribution in [0, 0.1) is 17.8 Å². The summed E-state index contributed by atoms with van der Waals surface area (Å²) in [6, 6.07) is 0. The maximum Gasteiger partial charge on any atom is 0.222 e. The van der Waals surface area contributed by atoms with E-state index in [-0.39, 0.29) is 12.4 Å². The molecule has 17 heavy (non-hydrogen) atoms. The van der Waals surface area contributed by atoms with Crippen LogP contribution in [0.3, 0.4) is 0 Å². The van der Waals surface area contributed by atoms with Crippen LogP contribution in [0.25, 0.3) is 0 Å². The minimum atomic E-state index is 0. The first-order valence-electron chi connectivity index (χ1n) is 6.81. The zero-order valence-electron chi connectivity index (χ0n) is 10.4. The summed E-state index contributed by atoms with van der Waals surface area (Å²) >= 11 is 0. The molecule has 0 aromatic carbocycles. The van der Waals surface area contributed by atoms with Gasteiger partial charge in [0.05, 0.1) is 0 Å². The molecule has 2 aliphatic heterocycles. The van der Waals surface area contributed by atoms with Crippen molar-refractivity contribution in [2.24, 2.45) is 17.8 Å². The van der Waals surface area contributed by atoms with Gasteiger partial charge in [0, 0.05) is 19.5 Å². The molecule has 2 heterocycles. The van der Waals surface area contributed by atoms with Gasteiger partial charge in [0.2, 0.25) is 5.91 Å². The molecule has 3 fully saturated rings. The molecule has 3 nitrogen and oxygen atoms in total. The van der Waals surface area contributed by atoms with E-state index in [1.165, 1.54) is 25.7 Å². The molecule has 1 saturated carbocycles. The second-order valence-electron chi connectivity index (χ2n) is 5.81. The number of carbonyl (C=O) groups excluding carboxylic acids is 1. The zero-order chi connectivity index (χ0) is 11.0. The molecule has 3 unspecified atom stereocenters. The van der Waals surface area contributed by atoms with Crippen LogP contribution in [0.15, 0.2) is 0 Å². The molecule has 3 atom stereocenters. The second-order valence-corrected chi connectivity index (χ2v) is 5.81. The van der Waals surface area contributed by atoms with Crippen LogP contribution in [-0.2, 0) is 4.79 Å². The fourth-order valence-corrected chi connectivity index (χ4v) is 3.70. The average molecular weight is 259 g/mol. The van der Waals surface area contributed by atoms with E-state index in [9.17, 15) is 4.79 Å². The van der Waals surface area contributed by atoms with Crippen LogP contribution in [0.2, 0.25) is 0 Å². The molecule has 0 aromatic rings. The second kappa shape index (κ2) is 5.57. The van der Waals surface area contributed by atoms with Gasteiger partial charge in [-0.1, -0.05) is 6.42 Å². The summed E-state index contributed by atoms with van der Waals surface area (Å²) in [4.78, 5) is 14.3. The molecule has 0 spiro atoms. The summed E-state index contributed by atoms with van der Waals surface area (Å²) in [7, 11) is 0. The highest BCUT2D eigenvalue weighted by Gasteiger charge is 2.38. The Morgan fingerprint density at radius 3 is 2.47 bits per heavy atom. The lowest BCUT2D eigenvalue weighted by atomic mass is 10.0. The Balaban J connectivity index is 0.00000108. The van der Waals surface area contributed by atoms with Gasteiger partial charge in [-0.25, -0.2) is 0 Å². The Kier molecular flexibility index (Phi) is 4.31. The number of hydrogen-bond acceptors (Lipinski definition) is 2. The van der Waals surface area contributed by atoms with Gasteiger partial charge < -0.3 is 10.2 Å². The molecule has 1 aliphatic carbocycles. The van der Waals surface area contributed by atoms with Crippen molar-refractivity contribution in [3.63, 3.8) is 0 Å². The van der Waals surface area contributed by atoms with Crippen LogP contribution in [0.1, 0.15) is 32.1 Å². The molecular formula is C13H23ClN2O. The lowest BCUT2D eigenvalue weighted by Crippen LogP contribution is -2.31. The van der Waals surface area contributed by atoms with Gasteiger partial charge in [0.15, 0.2) is 0 Å². The Labute approximate surface area is 110 Å². The first kappa shape index (κ1) is 13.2. The van der Waals surface area contributed by atoms with E-state index >= 15 is 0 Å². The van der Waals surface area contributed by atoms with Crippen molar-refractivity contribution < 1.29 is 4.79 Å². The third kappa shape index (κ3) is 2.76. The van der Waals surface area contributed by atoms with Crippen molar-refractivity contribution in [2.75, 3.05) is 26.2 Å². The van der Waals surface area contributed by atoms with E-state index in [0.717, 1.165) is 44.4 Å². The summed E-state index contributed by atoms with van der Waals surface area (Å²) in [5.41, 5.74) is 0. The van der Waals surface area contributed by atoms with Crippen molar-refractivity contribution in [1.82, 2.24) is 10.2 Å². The lowest BCUT2D eigenvalue weighted by molar-refractivity contribution is -0.131. The van der Waals surface area contributed by atoms with Crippen molar-refractivity contribution in [2.45, 2.75) is 32.1 Å². The SMILES string of the molecule is Cl.O=C(CC1CCNC1)N1CC2CCCC2C1. The molecule has 1 N–H and O–H groups in total. The molecule has 4 heteroatoms. The van der Waals surface area contributed by atoms with Gasteiger partial charge in [-0.3, -0.25) is 4.79 Å². The Hall–Kier alpha value is -0.280. The topological polar surface area (TPSA) is 32.3 Å². The summed E-state index contributed by atoms with van der Waals surface area (Å²) in [5.74, 6) is 2.70. The number of amides is 1. The number of nitrogens with one attached hydrogen (secondary N) is 1. The minimum absolute atomic E-state index is 0. The van der Waals surface area contributed by atoms with E-state index in [0.29, 0.717) is 11.8 Å². The maximum absolute atomic E-state index is 12.1. The first-order valence-corrected chi connectivity index (χ1v) is 6.81. The number of halogens is 1. The van der Waals surface area contributed by atoms with Gasteiger partial charge in [0.25, 0.3) is 0 Å². The Morgan fingerprint density at radius 1 is 1.18 bits per heavy atom. The molecular weight excluding hydrogens is 236 g/mol. The van der Waals surface area contributed by atoms with Crippen LogP contribution in [-0.4, -0.2) is 37.0 Å². The average Bonchev–Trinajstić information content (AvgIpc) is 2.91. The largest absolute Gasteiger partial charge is 0.342 e. The van der Waals surface area contributed by atoms with Crippen molar-refractivity contribution in [3.8, 4) is 0 Å². The van der Waals surface area contributed by atoms with E-state index in [1.807, 2.05) is 0 Å². The Bertz CT molecular complexity index is 267. The predicted octanol–water partition coefficient (Wildman–Crippen LogP) is 1.67. The maximum atomic E-state index is 12.1. The smallest absolute Gasteiger partial charge is 0.222 e. The number of hydrogen-bond donors (Lipinski definition) is 1. The van der Waals surface area contributed by atoms with Crippen LogP contribution >= 0.6 is 12.4 Å². The molecule has 98 valence electrons. The van der Waals surface area contributed by atoms with Crippen LogP contribution < -0.4 is 5.32 Å². The highest BCUT2D eigenvalue weighted by Crippen LogP contribution is 2.38. The third-order valence-corrected chi connectivity index (χ3v) is 4.70. The van der Waals surface area contributed by atoms with E-state index in [4.69, 9.17) is 0 Å². The molecule has 3 aliphatic rings. The number of fused-ring (bicyclic) bond motifs is 1. The first-order chi connectivity index (χ1) is 7.83. The quantitative estimate of drug-likeness (QED) is 0.817. The van der Waals surface area contributed by atoms with Crippen molar-refractivity contribution in [3.05, 3.63) is 0 Å². The third-order valence-electron chi connectivity index (χ3n) is 4.70. The van der Waals surface area contributed by atoms with E-state index in [2.05, 4.69) is 10.2 Å². The van der Waals surface area contributed by atoms with Gasteiger partial charge in [-0.2, -0.15) is 0 Å². The molecule has 0 bridgehead atoms. The molecule has 3 rings (SSSR count). The predicted molar refractivity (Wildman–Crippen MR) is 70.3 cm³/mol. The normalized spacial score (nSPS) is 35.8. The van der Waals surface area contributed by atoms with Crippen LogP contribution in [0.5, 0.6) is 0 Å². The summed E-state index contributed by atoms with van der Waals surface area (Å²) in [6.45, 7) is 4.27. The number of rotatable bonds is 2. The molecule has 1 amide bonds. The van der Waals surface area contributed by atoms with E-state index < -0.39 is 0 Å². The zero-order valence-corrected chi connectivity index (χ0v) is 11.2. The van der Waals surface area contributed by atoms with Gasteiger partial charge in [-0.15, -0.1) is 12.4 Å². The summed E-state index contributed by atoms with van der Waals surface area (Å²) in [6.07, 6.45) is 6.08. The van der Waals surface area contributed by atoms with Crippen LogP contribution in [0.4, 0.5) is 0 Å².